The van der Waals surface area contributed by atoms with Crippen LogP contribution in [0.15, 0.2) is 12.3 Å². The number of nitrogens with zero attached hydrogens (tertiary/aromatic N) is 4. The van der Waals surface area contributed by atoms with E-state index < -0.39 is 48.0 Å². The zero-order valence-electron chi connectivity index (χ0n) is 17.2. The second-order valence-corrected chi connectivity index (χ2v) is 8.22. The number of fused-ring (bicyclic) bond motifs is 3. The van der Waals surface area contributed by atoms with Crippen LogP contribution >= 0.6 is 0 Å². The van der Waals surface area contributed by atoms with E-state index in [4.69, 9.17) is 0 Å². The minimum Gasteiger partial charge on any atom is -0.396 e. The zero-order valence-corrected chi connectivity index (χ0v) is 17.2. The van der Waals surface area contributed by atoms with Gasteiger partial charge in [0.15, 0.2) is 5.82 Å². The summed E-state index contributed by atoms with van der Waals surface area (Å²) in [6.07, 6.45) is -2.32. The van der Waals surface area contributed by atoms with Crippen molar-refractivity contribution >= 4 is 11.7 Å². The van der Waals surface area contributed by atoms with Crippen LogP contribution in [0.4, 0.5) is 32.4 Å². The summed E-state index contributed by atoms with van der Waals surface area (Å²) in [6.45, 7) is 1.41. The summed E-state index contributed by atoms with van der Waals surface area (Å²) in [4.78, 5) is 17.4. The predicted octanol–water partition coefficient (Wildman–Crippen LogP) is 4.46. The summed E-state index contributed by atoms with van der Waals surface area (Å²) in [5.74, 6) is -4.88. The highest BCUT2D eigenvalue weighted by Crippen LogP contribution is 2.42. The Kier molecular flexibility index (Phi) is 6.96. The standard InChI is InChI=1S/C20H22F5N5O2.CH4/c1-10-6-14-12(17-20(24,25)4-2-11(9-31)7-30(17)28-14)8-29(10)19(32)27-13-3-5-26-16(15(13)21)18(22)23;/h3,5,10-11,18,31H,2,4,6-9H2,1H3,(H,26,27,32);1H4/t10-,11-;/m1./s1. The molecule has 2 amide bonds. The van der Waals surface area contributed by atoms with Crippen LogP contribution in [0, 0.1) is 11.7 Å². The summed E-state index contributed by atoms with van der Waals surface area (Å²) in [7, 11) is 0. The quantitative estimate of drug-likeness (QED) is 0.642. The first-order valence-electron chi connectivity index (χ1n) is 10.2. The Bertz CT molecular complexity index is 1030. The Balaban J connectivity index is 0.00000306. The average Bonchev–Trinajstić information content (AvgIpc) is 3.02. The summed E-state index contributed by atoms with van der Waals surface area (Å²) in [6, 6.07) is -0.212. The highest BCUT2D eigenvalue weighted by Gasteiger charge is 2.44. The fourth-order valence-electron chi connectivity index (χ4n) is 4.29. The highest BCUT2D eigenvalue weighted by atomic mass is 19.3. The normalized spacial score (nSPS) is 21.6. The van der Waals surface area contributed by atoms with E-state index in [0.29, 0.717) is 5.69 Å². The number of aromatic nitrogens is 3. The van der Waals surface area contributed by atoms with Gasteiger partial charge in [-0.3, -0.25) is 9.67 Å². The molecule has 4 heterocycles. The van der Waals surface area contributed by atoms with Gasteiger partial charge in [-0.2, -0.15) is 13.9 Å². The van der Waals surface area contributed by atoms with Crippen LogP contribution in [0.1, 0.15) is 56.3 Å². The molecule has 0 fully saturated rings. The predicted molar refractivity (Wildman–Crippen MR) is 110 cm³/mol. The molecule has 2 aliphatic rings. The lowest BCUT2D eigenvalue weighted by Gasteiger charge is -2.33. The van der Waals surface area contributed by atoms with E-state index in [1.165, 1.54) is 9.58 Å². The van der Waals surface area contributed by atoms with Gasteiger partial charge in [0.1, 0.15) is 11.4 Å². The molecule has 33 heavy (non-hydrogen) atoms. The number of rotatable bonds is 3. The monoisotopic (exact) mass is 475 g/mol. The fraction of sp³-hybridized carbons (Fsp3) is 0.571. The van der Waals surface area contributed by atoms with Gasteiger partial charge in [-0.1, -0.05) is 7.43 Å². The van der Waals surface area contributed by atoms with Crippen LogP contribution < -0.4 is 5.32 Å². The molecule has 0 saturated carbocycles. The molecule has 0 saturated heterocycles. The third-order valence-corrected chi connectivity index (χ3v) is 6.01. The first-order valence-corrected chi connectivity index (χ1v) is 10.2. The van der Waals surface area contributed by atoms with Crippen molar-refractivity contribution in [3.63, 3.8) is 0 Å². The van der Waals surface area contributed by atoms with Crippen LogP contribution in [0.3, 0.4) is 0 Å². The molecule has 7 nitrogen and oxygen atoms in total. The Morgan fingerprint density at radius 1 is 1.39 bits per heavy atom. The van der Waals surface area contributed by atoms with Gasteiger partial charge in [0.25, 0.3) is 12.3 Å². The van der Waals surface area contributed by atoms with Crippen molar-refractivity contribution in [1.29, 1.82) is 0 Å². The maximum atomic E-state index is 14.9. The topological polar surface area (TPSA) is 83.3 Å². The molecule has 2 aliphatic heterocycles. The lowest BCUT2D eigenvalue weighted by molar-refractivity contribution is -0.0227. The second kappa shape index (κ2) is 9.24. The molecular weight excluding hydrogens is 449 g/mol. The fourth-order valence-corrected chi connectivity index (χ4v) is 4.29. The van der Waals surface area contributed by atoms with Gasteiger partial charge in [0.2, 0.25) is 0 Å². The lowest BCUT2D eigenvalue weighted by Crippen LogP contribution is -2.45. The van der Waals surface area contributed by atoms with Gasteiger partial charge in [-0.05, 0) is 19.4 Å². The second-order valence-electron chi connectivity index (χ2n) is 8.22. The van der Waals surface area contributed by atoms with E-state index in [1.807, 2.05) is 0 Å². The van der Waals surface area contributed by atoms with Crippen molar-refractivity contribution in [3.8, 4) is 0 Å². The third kappa shape index (κ3) is 4.53. The van der Waals surface area contributed by atoms with Crippen LogP contribution in [-0.4, -0.2) is 43.5 Å². The number of halogens is 5. The van der Waals surface area contributed by atoms with Crippen molar-refractivity contribution in [2.24, 2.45) is 5.92 Å². The molecule has 0 radical (unpaired) electrons. The molecule has 2 aromatic rings. The number of alkyl halides is 4. The number of hydrogen-bond donors (Lipinski definition) is 2. The minimum absolute atomic E-state index is 0. The summed E-state index contributed by atoms with van der Waals surface area (Å²) < 4.78 is 71.2. The van der Waals surface area contributed by atoms with Gasteiger partial charge < -0.3 is 15.3 Å². The molecule has 4 rings (SSSR count). The maximum Gasteiger partial charge on any atom is 0.322 e. The molecule has 0 spiro atoms. The molecular formula is C21H26F5N5O2. The Morgan fingerprint density at radius 2 is 2.12 bits per heavy atom. The van der Waals surface area contributed by atoms with Gasteiger partial charge >= 0.3 is 6.03 Å². The number of aliphatic hydroxyl groups is 1. The number of amides is 2. The van der Waals surface area contributed by atoms with Gasteiger partial charge in [-0.25, -0.2) is 18.0 Å². The van der Waals surface area contributed by atoms with Crippen molar-refractivity contribution in [2.75, 3.05) is 11.9 Å². The number of carbonyl (C=O) groups excluding carboxylic acids is 1. The largest absolute Gasteiger partial charge is 0.396 e. The molecule has 0 bridgehead atoms. The summed E-state index contributed by atoms with van der Waals surface area (Å²) in [5.41, 5.74) is -1.15. The number of urea groups is 1. The molecule has 2 atom stereocenters. The molecule has 12 heteroatoms. The van der Waals surface area contributed by atoms with Crippen LogP contribution in [0.25, 0.3) is 0 Å². The van der Waals surface area contributed by atoms with Gasteiger partial charge in [0.05, 0.1) is 17.9 Å². The first kappa shape index (κ1) is 24.9. The summed E-state index contributed by atoms with van der Waals surface area (Å²) in [5, 5.41) is 16.0. The van der Waals surface area contributed by atoms with E-state index in [1.54, 1.807) is 6.92 Å². The van der Waals surface area contributed by atoms with E-state index in [-0.39, 0.29) is 57.1 Å². The molecule has 0 aliphatic carbocycles. The van der Waals surface area contributed by atoms with Crippen molar-refractivity contribution in [2.45, 2.75) is 65.1 Å². The number of anilines is 1. The van der Waals surface area contributed by atoms with Gasteiger partial charge in [-0.15, -0.1) is 0 Å². The van der Waals surface area contributed by atoms with Crippen molar-refractivity contribution in [1.82, 2.24) is 19.7 Å². The van der Waals surface area contributed by atoms with E-state index in [0.717, 1.165) is 12.3 Å². The highest BCUT2D eigenvalue weighted by molar-refractivity contribution is 5.90. The number of hydrogen-bond acceptors (Lipinski definition) is 4. The Hall–Kier alpha value is -2.76. The van der Waals surface area contributed by atoms with E-state index in [2.05, 4.69) is 15.4 Å². The first-order chi connectivity index (χ1) is 15.1. The van der Waals surface area contributed by atoms with E-state index >= 15 is 0 Å². The number of nitrogens with one attached hydrogen (secondary N) is 1. The molecule has 2 aromatic heterocycles. The third-order valence-electron chi connectivity index (χ3n) is 6.01. The maximum absolute atomic E-state index is 14.9. The number of aliphatic hydroxyl groups excluding tert-OH is 1. The van der Waals surface area contributed by atoms with Crippen molar-refractivity contribution in [3.05, 3.63) is 40.7 Å². The van der Waals surface area contributed by atoms with Crippen LogP contribution in [-0.2, 0) is 25.4 Å². The molecule has 0 aromatic carbocycles. The van der Waals surface area contributed by atoms with Crippen LogP contribution in [0.2, 0.25) is 0 Å². The number of carbonyl (C=O) groups is 1. The Morgan fingerprint density at radius 3 is 2.79 bits per heavy atom. The SMILES string of the molecule is C.C[C@@H]1Cc2nn3c(c2CN1C(=O)Nc1ccnc(C(F)F)c1F)C(F)(F)CC[C@@H](CO)C3. The number of pyridine rings is 1. The summed E-state index contributed by atoms with van der Waals surface area (Å²) >= 11 is 0. The Labute approximate surface area is 187 Å². The average molecular weight is 475 g/mol. The van der Waals surface area contributed by atoms with E-state index in [9.17, 15) is 31.9 Å². The molecule has 182 valence electrons. The van der Waals surface area contributed by atoms with Crippen LogP contribution in [0.5, 0.6) is 0 Å². The smallest absolute Gasteiger partial charge is 0.322 e. The molecule has 0 unspecified atom stereocenters. The van der Waals surface area contributed by atoms with Crippen molar-refractivity contribution < 1.29 is 31.9 Å². The lowest BCUT2D eigenvalue weighted by atomic mass is 9.96. The zero-order chi connectivity index (χ0) is 23.2. The molecule has 2 N–H and O–H groups in total. The van der Waals surface area contributed by atoms with Gasteiger partial charge in [0, 0.05) is 49.7 Å². The minimum atomic E-state index is -3.18.